The van der Waals surface area contributed by atoms with Crippen molar-refractivity contribution in [1.29, 1.82) is 0 Å². The number of anilines is 1. The molecule has 3 aromatic rings. The molecule has 0 saturated heterocycles. The Kier molecular flexibility index (Phi) is 4.89. The summed E-state index contributed by atoms with van der Waals surface area (Å²) in [5.41, 5.74) is 5.39. The van der Waals surface area contributed by atoms with Crippen LogP contribution in [0.1, 0.15) is 27.3 Å². The molecule has 0 aliphatic carbocycles. The molecule has 0 radical (unpaired) electrons. The number of benzene rings is 1. The van der Waals surface area contributed by atoms with Crippen LogP contribution in [0.25, 0.3) is 5.82 Å². The van der Waals surface area contributed by atoms with Crippen LogP contribution in [0.15, 0.2) is 54.7 Å². The van der Waals surface area contributed by atoms with Crippen LogP contribution in [0.3, 0.4) is 0 Å². The lowest BCUT2D eigenvalue weighted by atomic mass is 10.2. The second kappa shape index (κ2) is 7.14. The molecule has 2 N–H and O–H groups in total. The van der Waals surface area contributed by atoms with Crippen molar-refractivity contribution in [3.8, 4) is 5.82 Å². The number of rotatable bonds is 4. The minimum absolute atomic E-state index is 0.225. The van der Waals surface area contributed by atoms with Gasteiger partial charge in [-0.2, -0.15) is 13.2 Å². The predicted molar refractivity (Wildman–Crippen MR) is 95.6 cm³/mol. The quantitative estimate of drug-likeness (QED) is 0.671. The summed E-state index contributed by atoms with van der Waals surface area (Å²) in [6, 6.07) is 12.0. The third-order valence-corrected chi connectivity index (χ3v) is 4.10. The maximum Gasteiger partial charge on any atom is 0.418 e. The van der Waals surface area contributed by atoms with Crippen molar-refractivity contribution in [2.24, 2.45) is 0 Å². The molecule has 0 aliphatic heterocycles. The number of amides is 1. The minimum Gasteiger partial charge on any atom is -0.302 e. The number of hydrazine groups is 1. The highest BCUT2D eigenvalue weighted by Crippen LogP contribution is 2.34. The fourth-order valence-electron chi connectivity index (χ4n) is 2.86. The van der Waals surface area contributed by atoms with Crippen LogP contribution in [0, 0.1) is 13.8 Å². The van der Waals surface area contributed by atoms with Crippen LogP contribution in [0.4, 0.5) is 18.9 Å². The van der Waals surface area contributed by atoms with E-state index >= 15 is 0 Å². The molecule has 0 fully saturated rings. The summed E-state index contributed by atoms with van der Waals surface area (Å²) in [5, 5.41) is 0. The summed E-state index contributed by atoms with van der Waals surface area (Å²) in [7, 11) is 0. The lowest BCUT2D eigenvalue weighted by Gasteiger charge is -2.15. The Bertz CT molecular complexity index is 965. The van der Waals surface area contributed by atoms with Gasteiger partial charge in [0.05, 0.1) is 16.8 Å². The molecule has 0 saturated carbocycles. The van der Waals surface area contributed by atoms with Crippen molar-refractivity contribution in [3.05, 3.63) is 77.2 Å². The molecule has 0 atom stereocenters. The largest absolute Gasteiger partial charge is 0.418 e. The van der Waals surface area contributed by atoms with E-state index in [1.807, 2.05) is 13.0 Å². The van der Waals surface area contributed by atoms with E-state index in [4.69, 9.17) is 0 Å². The summed E-state index contributed by atoms with van der Waals surface area (Å²) in [6.45, 7) is 3.57. The maximum atomic E-state index is 13.0. The standard InChI is InChI=1S/C19H17F3N4O/c1-12-11-14(13(2)26(12)17-9-5-6-10-23-17)18(27)25-24-16-8-4-3-7-15(16)19(20,21)22/h3-11,24H,1-2H3,(H,25,27). The maximum absolute atomic E-state index is 13.0. The van der Waals surface area contributed by atoms with Crippen LogP contribution >= 0.6 is 0 Å². The SMILES string of the molecule is Cc1cc(C(=O)NNc2ccccc2C(F)(F)F)c(C)n1-c1ccccn1. The fourth-order valence-corrected chi connectivity index (χ4v) is 2.86. The summed E-state index contributed by atoms with van der Waals surface area (Å²) in [6.07, 6.45) is -2.88. The van der Waals surface area contributed by atoms with Gasteiger partial charge in [-0.3, -0.25) is 15.6 Å². The van der Waals surface area contributed by atoms with Gasteiger partial charge in [-0.1, -0.05) is 18.2 Å². The van der Waals surface area contributed by atoms with Crippen molar-refractivity contribution in [2.45, 2.75) is 20.0 Å². The molecule has 3 rings (SSSR count). The molecule has 27 heavy (non-hydrogen) atoms. The zero-order chi connectivity index (χ0) is 19.6. The number of hydrogen-bond acceptors (Lipinski definition) is 3. The Balaban J connectivity index is 1.83. The zero-order valence-corrected chi connectivity index (χ0v) is 14.6. The van der Waals surface area contributed by atoms with Crippen LogP contribution in [0.2, 0.25) is 0 Å². The van der Waals surface area contributed by atoms with E-state index in [0.29, 0.717) is 17.1 Å². The molecule has 140 valence electrons. The second-order valence-electron chi connectivity index (χ2n) is 5.93. The first-order valence-electron chi connectivity index (χ1n) is 8.12. The fraction of sp³-hybridized carbons (Fsp3) is 0.158. The number of alkyl halides is 3. The van der Waals surface area contributed by atoms with Crippen LogP contribution in [-0.2, 0) is 6.18 Å². The molecule has 0 unspecified atom stereocenters. The molecule has 0 aliphatic rings. The van der Waals surface area contributed by atoms with E-state index in [1.54, 1.807) is 35.9 Å². The molecule has 8 heteroatoms. The molecule has 2 aromatic heterocycles. The molecule has 1 amide bonds. The van der Waals surface area contributed by atoms with Gasteiger partial charge in [-0.25, -0.2) is 4.98 Å². The lowest BCUT2D eigenvalue weighted by molar-refractivity contribution is -0.137. The van der Waals surface area contributed by atoms with Crippen molar-refractivity contribution >= 4 is 11.6 Å². The van der Waals surface area contributed by atoms with Gasteiger partial charge in [-0.15, -0.1) is 0 Å². The number of halogens is 3. The zero-order valence-electron chi connectivity index (χ0n) is 14.6. The normalized spacial score (nSPS) is 11.3. The van der Waals surface area contributed by atoms with E-state index in [2.05, 4.69) is 15.8 Å². The Morgan fingerprint density at radius 1 is 1.07 bits per heavy atom. The number of hydrogen-bond donors (Lipinski definition) is 2. The predicted octanol–water partition coefficient (Wildman–Crippen LogP) is 4.26. The average molecular weight is 374 g/mol. The number of aromatic nitrogens is 2. The number of nitrogens with zero attached hydrogens (tertiary/aromatic N) is 2. The van der Waals surface area contributed by atoms with E-state index in [9.17, 15) is 18.0 Å². The van der Waals surface area contributed by atoms with Crippen LogP contribution < -0.4 is 10.9 Å². The lowest BCUT2D eigenvalue weighted by Crippen LogP contribution is -2.30. The van der Waals surface area contributed by atoms with Gasteiger partial charge in [0.15, 0.2) is 0 Å². The molecule has 0 bridgehead atoms. The topological polar surface area (TPSA) is 59.0 Å². The van der Waals surface area contributed by atoms with Gasteiger partial charge >= 0.3 is 6.18 Å². The van der Waals surface area contributed by atoms with E-state index in [1.165, 1.54) is 18.2 Å². The van der Waals surface area contributed by atoms with Gasteiger partial charge in [-0.05, 0) is 44.2 Å². The molecular weight excluding hydrogens is 357 g/mol. The minimum atomic E-state index is -4.52. The van der Waals surface area contributed by atoms with Crippen molar-refractivity contribution in [2.75, 3.05) is 5.43 Å². The van der Waals surface area contributed by atoms with Gasteiger partial charge < -0.3 is 4.57 Å². The molecule has 0 spiro atoms. The Morgan fingerprint density at radius 3 is 2.44 bits per heavy atom. The third kappa shape index (κ3) is 3.79. The first-order valence-corrected chi connectivity index (χ1v) is 8.12. The highest BCUT2D eigenvalue weighted by atomic mass is 19.4. The van der Waals surface area contributed by atoms with Crippen LogP contribution in [-0.4, -0.2) is 15.5 Å². The highest BCUT2D eigenvalue weighted by molar-refractivity contribution is 5.96. The molecule has 5 nitrogen and oxygen atoms in total. The third-order valence-electron chi connectivity index (χ3n) is 4.10. The summed E-state index contributed by atoms with van der Waals surface area (Å²) >= 11 is 0. The van der Waals surface area contributed by atoms with Crippen LogP contribution in [0.5, 0.6) is 0 Å². The smallest absolute Gasteiger partial charge is 0.302 e. The highest BCUT2D eigenvalue weighted by Gasteiger charge is 2.33. The van der Waals surface area contributed by atoms with Gasteiger partial charge in [0.1, 0.15) is 5.82 Å². The number of carbonyl (C=O) groups is 1. The molecule has 1 aromatic carbocycles. The first kappa shape index (κ1) is 18.5. The number of aryl methyl sites for hydroxylation is 1. The number of nitrogens with one attached hydrogen (secondary N) is 2. The Morgan fingerprint density at radius 2 is 1.78 bits per heavy atom. The number of carbonyl (C=O) groups excluding carboxylic acids is 1. The van der Waals surface area contributed by atoms with Gasteiger partial charge in [0.2, 0.25) is 0 Å². The second-order valence-corrected chi connectivity index (χ2v) is 5.93. The van der Waals surface area contributed by atoms with Crippen molar-refractivity contribution in [1.82, 2.24) is 15.0 Å². The number of para-hydroxylation sites is 1. The molecular formula is C19H17F3N4O. The van der Waals surface area contributed by atoms with Gasteiger partial charge in [0.25, 0.3) is 5.91 Å². The summed E-state index contributed by atoms with van der Waals surface area (Å²) in [5.74, 6) is 0.115. The first-order chi connectivity index (χ1) is 12.8. The van der Waals surface area contributed by atoms with E-state index < -0.39 is 17.6 Å². The average Bonchev–Trinajstić information content (AvgIpc) is 2.94. The molecule has 2 heterocycles. The number of pyridine rings is 1. The van der Waals surface area contributed by atoms with Crippen molar-refractivity contribution in [3.63, 3.8) is 0 Å². The van der Waals surface area contributed by atoms with E-state index in [-0.39, 0.29) is 5.69 Å². The summed E-state index contributed by atoms with van der Waals surface area (Å²) < 4.78 is 40.9. The monoisotopic (exact) mass is 374 g/mol. The van der Waals surface area contributed by atoms with Gasteiger partial charge in [0, 0.05) is 17.6 Å². The Labute approximate surface area is 153 Å². The van der Waals surface area contributed by atoms with E-state index in [0.717, 1.165) is 11.8 Å². The summed E-state index contributed by atoms with van der Waals surface area (Å²) in [4.78, 5) is 16.8. The van der Waals surface area contributed by atoms with Crippen molar-refractivity contribution < 1.29 is 18.0 Å². The Hall–Kier alpha value is -3.29.